The van der Waals surface area contributed by atoms with Crippen LogP contribution in [-0.4, -0.2) is 19.6 Å². The maximum absolute atomic E-state index is 11.5. The fourth-order valence-corrected chi connectivity index (χ4v) is 1.27. The van der Waals surface area contributed by atoms with Crippen molar-refractivity contribution in [3.05, 3.63) is 28.8 Å². The van der Waals surface area contributed by atoms with Gasteiger partial charge in [-0.05, 0) is 25.1 Å². The molecule has 0 bridgehead atoms. The molecule has 76 valence electrons. The second-order valence-corrected chi connectivity index (χ2v) is 3.14. The Labute approximate surface area is 88.0 Å². The van der Waals surface area contributed by atoms with Gasteiger partial charge in [-0.3, -0.25) is 4.79 Å². The maximum atomic E-state index is 11.5. The first kappa shape index (κ1) is 10.9. The van der Waals surface area contributed by atoms with Crippen molar-refractivity contribution < 1.29 is 9.53 Å². The highest BCUT2D eigenvalue weighted by molar-refractivity contribution is 6.30. The second-order valence-electron chi connectivity index (χ2n) is 2.70. The van der Waals surface area contributed by atoms with Gasteiger partial charge >= 0.3 is 0 Å². The van der Waals surface area contributed by atoms with Crippen LogP contribution in [0, 0.1) is 0 Å². The van der Waals surface area contributed by atoms with Crippen LogP contribution in [0.25, 0.3) is 0 Å². The smallest absolute Gasteiger partial charge is 0.255 e. The van der Waals surface area contributed by atoms with E-state index in [4.69, 9.17) is 16.3 Å². The SMILES string of the molecule is CCNC(=O)c1ccc(Cl)cc1OC. The summed E-state index contributed by atoms with van der Waals surface area (Å²) in [4.78, 5) is 11.5. The Bertz CT molecular complexity index is 339. The lowest BCUT2D eigenvalue weighted by Gasteiger charge is -2.08. The van der Waals surface area contributed by atoms with Gasteiger partial charge in [-0.15, -0.1) is 0 Å². The molecule has 0 aliphatic carbocycles. The highest BCUT2D eigenvalue weighted by Gasteiger charge is 2.10. The molecule has 1 amide bonds. The number of benzene rings is 1. The molecule has 0 aliphatic rings. The molecule has 0 saturated carbocycles. The van der Waals surface area contributed by atoms with Gasteiger partial charge in [-0.25, -0.2) is 0 Å². The zero-order chi connectivity index (χ0) is 10.6. The summed E-state index contributed by atoms with van der Waals surface area (Å²) in [5.41, 5.74) is 0.499. The quantitative estimate of drug-likeness (QED) is 0.835. The van der Waals surface area contributed by atoms with Crippen LogP contribution in [0.3, 0.4) is 0 Å². The van der Waals surface area contributed by atoms with Crippen LogP contribution in [0.4, 0.5) is 0 Å². The minimum atomic E-state index is -0.152. The molecular formula is C10H12ClNO2. The molecule has 0 unspecified atom stereocenters. The molecule has 0 aromatic heterocycles. The monoisotopic (exact) mass is 213 g/mol. The number of carbonyl (C=O) groups is 1. The number of nitrogens with one attached hydrogen (secondary N) is 1. The van der Waals surface area contributed by atoms with Gasteiger partial charge in [0.1, 0.15) is 5.75 Å². The zero-order valence-corrected chi connectivity index (χ0v) is 8.89. The fourth-order valence-electron chi connectivity index (χ4n) is 1.11. The zero-order valence-electron chi connectivity index (χ0n) is 8.13. The number of amides is 1. The number of halogens is 1. The largest absolute Gasteiger partial charge is 0.496 e. The van der Waals surface area contributed by atoms with E-state index in [1.54, 1.807) is 18.2 Å². The van der Waals surface area contributed by atoms with E-state index in [0.717, 1.165) is 0 Å². The fraction of sp³-hybridized carbons (Fsp3) is 0.300. The number of rotatable bonds is 3. The van der Waals surface area contributed by atoms with E-state index >= 15 is 0 Å². The third-order valence-electron chi connectivity index (χ3n) is 1.75. The summed E-state index contributed by atoms with van der Waals surface area (Å²) in [5.74, 6) is 0.337. The lowest BCUT2D eigenvalue weighted by molar-refractivity contribution is 0.0953. The predicted molar refractivity (Wildman–Crippen MR) is 56.0 cm³/mol. The number of methoxy groups -OCH3 is 1. The molecule has 0 radical (unpaired) electrons. The molecule has 0 saturated heterocycles. The van der Waals surface area contributed by atoms with Crippen molar-refractivity contribution in [2.24, 2.45) is 0 Å². The van der Waals surface area contributed by atoms with Crippen LogP contribution in [0.2, 0.25) is 5.02 Å². The number of carbonyl (C=O) groups excluding carboxylic acids is 1. The Morgan fingerprint density at radius 1 is 1.57 bits per heavy atom. The molecule has 3 nitrogen and oxygen atoms in total. The van der Waals surface area contributed by atoms with E-state index in [1.807, 2.05) is 6.92 Å². The molecule has 0 heterocycles. The molecule has 1 aromatic carbocycles. The summed E-state index contributed by atoms with van der Waals surface area (Å²) in [5, 5.41) is 3.24. The third kappa shape index (κ3) is 2.39. The molecule has 0 aliphatic heterocycles. The number of ether oxygens (including phenoxy) is 1. The van der Waals surface area contributed by atoms with Gasteiger partial charge in [0.25, 0.3) is 5.91 Å². The number of hydrogen-bond acceptors (Lipinski definition) is 2. The van der Waals surface area contributed by atoms with Crippen molar-refractivity contribution in [1.29, 1.82) is 0 Å². The van der Waals surface area contributed by atoms with E-state index < -0.39 is 0 Å². The maximum Gasteiger partial charge on any atom is 0.255 e. The number of hydrogen-bond donors (Lipinski definition) is 1. The van der Waals surface area contributed by atoms with Crippen molar-refractivity contribution in [2.45, 2.75) is 6.92 Å². The molecule has 1 N–H and O–H groups in total. The first-order valence-corrected chi connectivity index (χ1v) is 4.68. The topological polar surface area (TPSA) is 38.3 Å². The van der Waals surface area contributed by atoms with Gasteiger partial charge in [0.2, 0.25) is 0 Å². The average Bonchev–Trinajstić information content (AvgIpc) is 2.17. The van der Waals surface area contributed by atoms with Crippen molar-refractivity contribution in [1.82, 2.24) is 5.32 Å². The van der Waals surface area contributed by atoms with Crippen LogP contribution in [0.5, 0.6) is 5.75 Å². The molecule has 4 heteroatoms. The summed E-state index contributed by atoms with van der Waals surface area (Å²) in [6.45, 7) is 2.45. The van der Waals surface area contributed by atoms with Gasteiger partial charge in [-0.1, -0.05) is 11.6 Å². The van der Waals surface area contributed by atoms with E-state index in [0.29, 0.717) is 22.9 Å². The molecule has 14 heavy (non-hydrogen) atoms. The highest BCUT2D eigenvalue weighted by atomic mass is 35.5. The van der Waals surface area contributed by atoms with Crippen LogP contribution < -0.4 is 10.1 Å². The van der Waals surface area contributed by atoms with E-state index in [2.05, 4.69) is 5.32 Å². The Morgan fingerprint density at radius 2 is 2.29 bits per heavy atom. The normalized spacial score (nSPS) is 9.64. The molecule has 0 atom stereocenters. The van der Waals surface area contributed by atoms with Gasteiger partial charge in [0.05, 0.1) is 12.7 Å². The summed E-state index contributed by atoms with van der Waals surface area (Å²) in [6, 6.07) is 4.92. The van der Waals surface area contributed by atoms with E-state index in [1.165, 1.54) is 7.11 Å². The van der Waals surface area contributed by atoms with Gasteiger partial charge in [0, 0.05) is 11.6 Å². The summed E-state index contributed by atoms with van der Waals surface area (Å²) in [6.07, 6.45) is 0. The Hall–Kier alpha value is -1.22. The van der Waals surface area contributed by atoms with Crippen LogP contribution in [-0.2, 0) is 0 Å². The van der Waals surface area contributed by atoms with E-state index in [-0.39, 0.29) is 5.91 Å². The van der Waals surface area contributed by atoms with Crippen LogP contribution in [0.1, 0.15) is 17.3 Å². The highest BCUT2D eigenvalue weighted by Crippen LogP contribution is 2.22. The predicted octanol–water partition coefficient (Wildman–Crippen LogP) is 2.10. The molecular weight excluding hydrogens is 202 g/mol. The van der Waals surface area contributed by atoms with Gasteiger partial charge in [-0.2, -0.15) is 0 Å². The van der Waals surface area contributed by atoms with Crippen LogP contribution >= 0.6 is 11.6 Å². The van der Waals surface area contributed by atoms with Crippen LogP contribution in [0.15, 0.2) is 18.2 Å². The molecule has 1 aromatic rings. The third-order valence-corrected chi connectivity index (χ3v) is 1.98. The van der Waals surface area contributed by atoms with Crippen molar-refractivity contribution in [2.75, 3.05) is 13.7 Å². The Kier molecular flexibility index (Phi) is 3.77. The lowest BCUT2D eigenvalue weighted by Crippen LogP contribution is -2.23. The van der Waals surface area contributed by atoms with Gasteiger partial charge in [0.15, 0.2) is 0 Å². The summed E-state index contributed by atoms with van der Waals surface area (Å²) in [7, 11) is 1.51. The lowest BCUT2D eigenvalue weighted by atomic mass is 10.2. The Morgan fingerprint density at radius 3 is 2.86 bits per heavy atom. The minimum Gasteiger partial charge on any atom is -0.496 e. The Balaban J connectivity index is 3.01. The van der Waals surface area contributed by atoms with Crippen molar-refractivity contribution >= 4 is 17.5 Å². The second kappa shape index (κ2) is 4.86. The molecule has 1 rings (SSSR count). The van der Waals surface area contributed by atoms with E-state index in [9.17, 15) is 4.79 Å². The summed E-state index contributed by atoms with van der Waals surface area (Å²) < 4.78 is 5.05. The van der Waals surface area contributed by atoms with Gasteiger partial charge < -0.3 is 10.1 Å². The standard InChI is InChI=1S/C10H12ClNO2/c1-3-12-10(13)8-5-4-7(11)6-9(8)14-2/h4-6H,3H2,1-2H3,(H,12,13). The first-order valence-electron chi connectivity index (χ1n) is 4.30. The first-order chi connectivity index (χ1) is 6.69. The van der Waals surface area contributed by atoms with Crippen molar-refractivity contribution in [3.8, 4) is 5.75 Å². The molecule has 0 spiro atoms. The minimum absolute atomic E-state index is 0.152. The van der Waals surface area contributed by atoms with Crippen molar-refractivity contribution in [3.63, 3.8) is 0 Å². The summed E-state index contributed by atoms with van der Waals surface area (Å²) >= 11 is 5.77. The average molecular weight is 214 g/mol. The molecule has 0 fully saturated rings.